The Hall–Kier alpha value is -1.15. The highest BCUT2D eigenvalue weighted by Gasteiger charge is 2.13. The van der Waals surface area contributed by atoms with Crippen molar-refractivity contribution in [1.29, 1.82) is 0 Å². The van der Waals surface area contributed by atoms with Gasteiger partial charge in [-0.3, -0.25) is 4.79 Å². The summed E-state index contributed by atoms with van der Waals surface area (Å²) in [7, 11) is -3.52. The van der Waals surface area contributed by atoms with E-state index in [0.29, 0.717) is 0 Å². The zero-order chi connectivity index (χ0) is 11.9. The van der Waals surface area contributed by atoms with Gasteiger partial charge in [-0.2, -0.15) is 0 Å². The van der Waals surface area contributed by atoms with Crippen molar-refractivity contribution >= 4 is 21.9 Å². The first-order valence-electron chi connectivity index (χ1n) is 4.32. The number of sulfonamides is 1. The predicted octanol–water partition coefficient (Wildman–Crippen LogP) is -1.66. The molecular weight excluding hydrogens is 224 g/mol. The van der Waals surface area contributed by atoms with E-state index in [0.717, 1.165) is 0 Å². The second-order valence-electron chi connectivity index (χ2n) is 2.70. The van der Waals surface area contributed by atoms with Crippen LogP contribution in [0.5, 0.6) is 0 Å². The van der Waals surface area contributed by atoms with Crippen LogP contribution < -0.4 is 10.5 Å². The smallest absolute Gasteiger partial charge is 0.396 e. The third kappa shape index (κ3) is 7.89. The van der Waals surface area contributed by atoms with Crippen molar-refractivity contribution in [2.24, 2.45) is 5.14 Å². The predicted molar refractivity (Wildman–Crippen MR) is 52.2 cm³/mol. The van der Waals surface area contributed by atoms with Gasteiger partial charge < -0.3 is 10.1 Å². The summed E-state index contributed by atoms with van der Waals surface area (Å²) in [5.74, 6) is -2.10. The molecule has 0 aliphatic rings. The number of hydrogen-bond donors (Lipinski definition) is 2. The van der Waals surface area contributed by atoms with Gasteiger partial charge in [-0.25, -0.2) is 18.4 Å². The molecule has 0 aromatic rings. The molecule has 1 amide bonds. The molecule has 7 nitrogen and oxygen atoms in total. The van der Waals surface area contributed by atoms with Crippen molar-refractivity contribution in [2.45, 2.75) is 13.3 Å². The Bertz CT molecular complexity index is 324. The van der Waals surface area contributed by atoms with Crippen LogP contribution in [-0.4, -0.2) is 39.2 Å². The van der Waals surface area contributed by atoms with Crippen molar-refractivity contribution in [2.75, 3.05) is 18.9 Å². The van der Waals surface area contributed by atoms with E-state index < -0.39 is 21.9 Å². The van der Waals surface area contributed by atoms with Crippen molar-refractivity contribution in [3.63, 3.8) is 0 Å². The largest absolute Gasteiger partial charge is 0.459 e. The first kappa shape index (κ1) is 13.8. The molecule has 3 N–H and O–H groups in total. The lowest BCUT2D eigenvalue weighted by Gasteiger charge is -2.03. The van der Waals surface area contributed by atoms with Gasteiger partial charge in [0.1, 0.15) is 0 Å². The van der Waals surface area contributed by atoms with E-state index in [9.17, 15) is 18.0 Å². The Balaban J connectivity index is 3.69. The van der Waals surface area contributed by atoms with Gasteiger partial charge in [0, 0.05) is 6.54 Å². The van der Waals surface area contributed by atoms with Crippen LogP contribution >= 0.6 is 0 Å². The number of carbonyl (C=O) groups is 2. The molecule has 0 unspecified atom stereocenters. The monoisotopic (exact) mass is 238 g/mol. The highest BCUT2D eigenvalue weighted by molar-refractivity contribution is 7.89. The van der Waals surface area contributed by atoms with Crippen molar-refractivity contribution in [1.82, 2.24) is 5.32 Å². The van der Waals surface area contributed by atoms with Gasteiger partial charge in [-0.05, 0) is 13.3 Å². The van der Waals surface area contributed by atoms with E-state index in [4.69, 9.17) is 5.14 Å². The lowest BCUT2D eigenvalue weighted by molar-refractivity contribution is -0.154. The molecule has 8 heteroatoms. The number of nitrogens with one attached hydrogen (secondary N) is 1. The van der Waals surface area contributed by atoms with Crippen LogP contribution in [0.4, 0.5) is 0 Å². The summed E-state index contributed by atoms with van der Waals surface area (Å²) in [6, 6.07) is 0. The van der Waals surface area contributed by atoms with E-state index in [-0.39, 0.29) is 25.3 Å². The number of amides is 1. The summed E-state index contributed by atoms with van der Waals surface area (Å²) in [5, 5.41) is 6.93. The maximum Gasteiger partial charge on any atom is 0.396 e. The molecule has 0 fully saturated rings. The van der Waals surface area contributed by atoms with Crippen LogP contribution in [0, 0.1) is 0 Å². The Labute approximate surface area is 88.0 Å². The Morgan fingerprint density at radius 1 is 1.40 bits per heavy atom. The molecule has 0 aromatic carbocycles. The lowest BCUT2D eigenvalue weighted by atomic mass is 10.4. The number of primary sulfonamides is 1. The summed E-state index contributed by atoms with van der Waals surface area (Å²) in [6.45, 7) is 1.75. The summed E-state index contributed by atoms with van der Waals surface area (Å²) in [6.07, 6.45) is 0.157. The quantitative estimate of drug-likeness (QED) is 0.338. The Kier molecular flexibility index (Phi) is 5.87. The van der Waals surface area contributed by atoms with Crippen LogP contribution in [0.25, 0.3) is 0 Å². The van der Waals surface area contributed by atoms with Gasteiger partial charge in [-0.15, -0.1) is 0 Å². The average Bonchev–Trinajstić information content (AvgIpc) is 2.11. The molecule has 0 atom stereocenters. The third-order valence-corrected chi connectivity index (χ3v) is 2.21. The summed E-state index contributed by atoms with van der Waals surface area (Å²) >= 11 is 0. The van der Waals surface area contributed by atoms with Crippen LogP contribution in [0.1, 0.15) is 13.3 Å². The van der Waals surface area contributed by atoms with Gasteiger partial charge in [0.2, 0.25) is 10.0 Å². The Morgan fingerprint density at radius 2 is 2.00 bits per heavy atom. The highest BCUT2D eigenvalue weighted by atomic mass is 32.2. The molecule has 0 rings (SSSR count). The molecule has 0 radical (unpaired) electrons. The van der Waals surface area contributed by atoms with Gasteiger partial charge in [0.05, 0.1) is 12.4 Å². The second-order valence-corrected chi connectivity index (χ2v) is 4.43. The molecule has 0 heterocycles. The van der Waals surface area contributed by atoms with Gasteiger partial charge >= 0.3 is 11.9 Å². The minimum Gasteiger partial charge on any atom is -0.459 e. The molecule has 0 aliphatic heterocycles. The highest BCUT2D eigenvalue weighted by Crippen LogP contribution is 1.84. The fourth-order valence-corrected chi connectivity index (χ4v) is 1.29. The third-order valence-electron chi connectivity index (χ3n) is 1.35. The van der Waals surface area contributed by atoms with Crippen LogP contribution in [0.15, 0.2) is 0 Å². The fourth-order valence-electron chi connectivity index (χ4n) is 0.744. The normalized spacial score (nSPS) is 10.8. The maximum absolute atomic E-state index is 10.9. The zero-order valence-corrected chi connectivity index (χ0v) is 9.17. The molecular formula is C7H14N2O5S. The van der Waals surface area contributed by atoms with E-state index in [1.54, 1.807) is 6.92 Å². The number of carbonyl (C=O) groups excluding carboxylic acids is 2. The van der Waals surface area contributed by atoms with E-state index in [1.165, 1.54) is 0 Å². The zero-order valence-electron chi connectivity index (χ0n) is 8.36. The molecule has 0 saturated carbocycles. The topological polar surface area (TPSA) is 116 Å². The first-order valence-corrected chi connectivity index (χ1v) is 6.03. The van der Waals surface area contributed by atoms with E-state index in [2.05, 4.69) is 10.1 Å². The number of ether oxygens (including phenoxy) is 1. The van der Waals surface area contributed by atoms with Crippen molar-refractivity contribution in [3.8, 4) is 0 Å². The number of esters is 1. The summed E-state index contributed by atoms with van der Waals surface area (Å²) < 4.78 is 25.4. The number of hydrogen-bond acceptors (Lipinski definition) is 5. The van der Waals surface area contributed by atoms with Crippen LogP contribution in [-0.2, 0) is 24.3 Å². The first-order chi connectivity index (χ1) is 6.87. The standard InChI is InChI=1S/C7H14N2O5S/c1-2-14-7(11)6(10)9-4-3-5-15(8,12)13/h2-5H2,1H3,(H,9,10)(H2,8,12,13). The molecule has 0 aromatic heterocycles. The van der Waals surface area contributed by atoms with Crippen molar-refractivity contribution < 1.29 is 22.7 Å². The fraction of sp³-hybridized carbons (Fsp3) is 0.714. The summed E-state index contributed by atoms with van der Waals surface area (Å²) in [4.78, 5) is 21.6. The summed E-state index contributed by atoms with van der Waals surface area (Å²) in [5.41, 5.74) is 0. The number of nitrogens with two attached hydrogens (primary N) is 1. The van der Waals surface area contributed by atoms with Gasteiger partial charge in [-0.1, -0.05) is 0 Å². The molecule has 0 spiro atoms. The van der Waals surface area contributed by atoms with Gasteiger partial charge in [0.25, 0.3) is 0 Å². The maximum atomic E-state index is 10.9. The Morgan fingerprint density at radius 3 is 2.47 bits per heavy atom. The van der Waals surface area contributed by atoms with Crippen LogP contribution in [0.2, 0.25) is 0 Å². The van der Waals surface area contributed by atoms with E-state index in [1.807, 2.05) is 0 Å². The SMILES string of the molecule is CCOC(=O)C(=O)NCCCS(N)(=O)=O. The molecule has 0 bridgehead atoms. The molecule has 88 valence electrons. The molecule has 0 saturated heterocycles. The molecule has 0 aliphatic carbocycles. The van der Waals surface area contributed by atoms with Gasteiger partial charge in [0.15, 0.2) is 0 Å². The average molecular weight is 238 g/mol. The minimum atomic E-state index is -3.52. The minimum absolute atomic E-state index is 0.0636. The van der Waals surface area contributed by atoms with Crippen molar-refractivity contribution in [3.05, 3.63) is 0 Å². The molecule has 15 heavy (non-hydrogen) atoms. The second kappa shape index (κ2) is 6.36. The van der Waals surface area contributed by atoms with Crippen LogP contribution in [0.3, 0.4) is 0 Å². The van der Waals surface area contributed by atoms with E-state index >= 15 is 0 Å². The number of rotatable bonds is 5. The lowest BCUT2D eigenvalue weighted by Crippen LogP contribution is -2.34.